The van der Waals surface area contributed by atoms with Crippen molar-refractivity contribution < 1.29 is 22.8 Å². The van der Waals surface area contributed by atoms with Crippen LogP contribution in [0, 0.1) is 17.5 Å². The fraction of sp³-hybridized carbons (Fsp3) is 0.467. The molecule has 1 N–H and O–H groups in total. The van der Waals surface area contributed by atoms with Crippen LogP contribution in [0.3, 0.4) is 0 Å². The Hall–Kier alpha value is -2.25. The summed E-state index contributed by atoms with van der Waals surface area (Å²) in [5.74, 6) is -5.29. The van der Waals surface area contributed by atoms with Gasteiger partial charge in [0.1, 0.15) is 0 Å². The number of urea groups is 1. The molecule has 0 saturated carbocycles. The van der Waals surface area contributed by atoms with Crippen molar-refractivity contribution in [2.75, 3.05) is 27.2 Å². The van der Waals surface area contributed by atoms with Gasteiger partial charge in [0.15, 0.2) is 17.5 Å². The zero-order valence-corrected chi connectivity index (χ0v) is 12.9. The van der Waals surface area contributed by atoms with Gasteiger partial charge in [-0.25, -0.2) is 18.0 Å². The van der Waals surface area contributed by atoms with Crippen molar-refractivity contribution in [3.05, 3.63) is 35.1 Å². The van der Waals surface area contributed by atoms with Crippen molar-refractivity contribution in [1.82, 2.24) is 15.1 Å². The van der Waals surface area contributed by atoms with E-state index < -0.39 is 28.9 Å². The first-order valence-corrected chi connectivity index (χ1v) is 7.22. The van der Waals surface area contributed by atoms with Gasteiger partial charge in [-0.2, -0.15) is 0 Å². The highest BCUT2D eigenvalue weighted by Crippen LogP contribution is 2.17. The van der Waals surface area contributed by atoms with Gasteiger partial charge in [0.25, 0.3) is 5.91 Å². The second-order valence-corrected chi connectivity index (χ2v) is 5.63. The average Bonchev–Trinajstić information content (AvgIpc) is 2.52. The van der Waals surface area contributed by atoms with E-state index in [1.807, 2.05) is 0 Å². The third-order valence-electron chi connectivity index (χ3n) is 3.76. The maximum Gasteiger partial charge on any atom is 0.319 e. The van der Waals surface area contributed by atoms with Crippen LogP contribution < -0.4 is 5.32 Å². The molecule has 0 spiro atoms. The molecule has 0 radical (unpaired) electrons. The van der Waals surface area contributed by atoms with E-state index in [0.717, 1.165) is 6.07 Å². The lowest BCUT2D eigenvalue weighted by molar-refractivity contribution is 0.0909. The van der Waals surface area contributed by atoms with Crippen molar-refractivity contribution in [3.8, 4) is 0 Å². The van der Waals surface area contributed by atoms with Crippen molar-refractivity contribution in [3.63, 3.8) is 0 Å². The van der Waals surface area contributed by atoms with Gasteiger partial charge in [-0.1, -0.05) is 0 Å². The van der Waals surface area contributed by atoms with E-state index >= 15 is 0 Å². The van der Waals surface area contributed by atoms with Crippen LogP contribution in [0.5, 0.6) is 0 Å². The first-order chi connectivity index (χ1) is 10.8. The molecule has 1 heterocycles. The van der Waals surface area contributed by atoms with Crippen LogP contribution in [0.1, 0.15) is 23.2 Å². The van der Waals surface area contributed by atoms with Crippen molar-refractivity contribution in [2.45, 2.75) is 18.9 Å². The summed E-state index contributed by atoms with van der Waals surface area (Å²) in [6, 6.07) is 1.27. The highest BCUT2D eigenvalue weighted by molar-refractivity contribution is 5.94. The Labute approximate surface area is 132 Å². The first kappa shape index (κ1) is 17.1. The highest BCUT2D eigenvalue weighted by atomic mass is 19.2. The molecular formula is C15H18F3N3O2. The second-order valence-electron chi connectivity index (χ2n) is 5.63. The monoisotopic (exact) mass is 329 g/mol. The minimum absolute atomic E-state index is 0.110. The van der Waals surface area contributed by atoms with Gasteiger partial charge in [-0.15, -0.1) is 0 Å². The van der Waals surface area contributed by atoms with Crippen molar-refractivity contribution in [1.29, 1.82) is 0 Å². The molecule has 1 aliphatic heterocycles. The van der Waals surface area contributed by atoms with Crippen LogP contribution >= 0.6 is 0 Å². The summed E-state index contributed by atoms with van der Waals surface area (Å²) in [5, 5.41) is 2.59. The lowest BCUT2D eigenvalue weighted by Gasteiger charge is -2.33. The molecule has 23 heavy (non-hydrogen) atoms. The number of rotatable bonds is 2. The van der Waals surface area contributed by atoms with Crippen LogP contribution in [-0.4, -0.2) is 55.0 Å². The zero-order chi connectivity index (χ0) is 17.1. The Bertz CT molecular complexity index is 614. The fourth-order valence-electron chi connectivity index (χ4n) is 2.46. The van der Waals surface area contributed by atoms with Crippen LogP contribution in [-0.2, 0) is 0 Å². The number of halogens is 3. The largest absolute Gasteiger partial charge is 0.349 e. The lowest BCUT2D eigenvalue weighted by atomic mass is 10.0. The molecule has 2 rings (SSSR count). The van der Waals surface area contributed by atoms with Gasteiger partial charge in [0.2, 0.25) is 0 Å². The lowest BCUT2D eigenvalue weighted by Crippen LogP contribution is -2.49. The molecule has 0 aliphatic carbocycles. The summed E-state index contributed by atoms with van der Waals surface area (Å²) < 4.78 is 39.6. The van der Waals surface area contributed by atoms with Gasteiger partial charge < -0.3 is 15.1 Å². The van der Waals surface area contributed by atoms with E-state index in [-0.39, 0.29) is 12.1 Å². The summed E-state index contributed by atoms with van der Waals surface area (Å²) in [6.45, 7) is 0.921. The number of hydrogen-bond acceptors (Lipinski definition) is 2. The quantitative estimate of drug-likeness (QED) is 0.844. The standard InChI is InChI=1S/C15H18F3N3O2/c1-20(2)15(23)21-7-5-9(6-8-21)19-14(22)10-3-4-11(16)13(18)12(10)17/h3-4,9H,5-8H2,1-2H3,(H,19,22). The molecule has 1 aliphatic rings. The Kier molecular flexibility index (Phi) is 5.12. The molecule has 3 amide bonds. The summed E-state index contributed by atoms with van der Waals surface area (Å²) in [5.41, 5.74) is -0.532. The number of likely N-dealkylation sites (tertiary alicyclic amines) is 1. The number of nitrogens with one attached hydrogen (secondary N) is 1. The molecule has 0 aromatic heterocycles. The minimum Gasteiger partial charge on any atom is -0.349 e. The summed E-state index contributed by atoms with van der Waals surface area (Å²) in [4.78, 5) is 26.9. The number of carbonyl (C=O) groups excluding carboxylic acids is 2. The Morgan fingerprint density at radius 3 is 2.30 bits per heavy atom. The highest BCUT2D eigenvalue weighted by Gasteiger charge is 2.26. The van der Waals surface area contributed by atoms with E-state index in [1.165, 1.54) is 4.90 Å². The Morgan fingerprint density at radius 1 is 1.13 bits per heavy atom. The van der Waals surface area contributed by atoms with Gasteiger partial charge >= 0.3 is 6.03 Å². The van der Waals surface area contributed by atoms with Crippen molar-refractivity contribution >= 4 is 11.9 Å². The second kappa shape index (κ2) is 6.89. The minimum atomic E-state index is -1.66. The molecular weight excluding hydrogens is 311 g/mol. The van der Waals surface area contributed by atoms with Crippen LogP contribution in [0.4, 0.5) is 18.0 Å². The summed E-state index contributed by atoms with van der Waals surface area (Å²) >= 11 is 0. The van der Waals surface area contributed by atoms with E-state index in [4.69, 9.17) is 0 Å². The number of nitrogens with zero attached hydrogens (tertiary/aromatic N) is 2. The van der Waals surface area contributed by atoms with E-state index in [9.17, 15) is 22.8 Å². The zero-order valence-electron chi connectivity index (χ0n) is 12.9. The number of piperidine rings is 1. The number of carbonyl (C=O) groups is 2. The molecule has 1 aromatic rings. The first-order valence-electron chi connectivity index (χ1n) is 7.22. The SMILES string of the molecule is CN(C)C(=O)N1CCC(NC(=O)c2ccc(F)c(F)c2F)CC1. The maximum absolute atomic E-state index is 13.6. The normalized spacial score (nSPS) is 15.4. The molecule has 0 atom stereocenters. The number of benzene rings is 1. The van der Waals surface area contributed by atoms with Crippen LogP contribution in [0.25, 0.3) is 0 Å². The summed E-state index contributed by atoms with van der Waals surface area (Å²) in [6.07, 6.45) is 1.02. The van der Waals surface area contributed by atoms with Gasteiger partial charge in [0.05, 0.1) is 5.56 Å². The van der Waals surface area contributed by atoms with E-state index in [2.05, 4.69) is 5.32 Å². The maximum atomic E-state index is 13.6. The predicted octanol–water partition coefficient (Wildman–Crippen LogP) is 1.98. The smallest absolute Gasteiger partial charge is 0.319 e. The molecule has 126 valence electrons. The molecule has 8 heteroatoms. The van der Waals surface area contributed by atoms with Crippen LogP contribution in [0.15, 0.2) is 12.1 Å². The van der Waals surface area contributed by atoms with Crippen molar-refractivity contribution in [2.24, 2.45) is 0 Å². The molecule has 1 fully saturated rings. The van der Waals surface area contributed by atoms with Gasteiger partial charge in [-0.3, -0.25) is 4.79 Å². The van der Waals surface area contributed by atoms with Gasteiger partial charge in [0, 0.05) is 33.2 Å². The molecule has 1 aromatic carbocycles. The van der Waals surface area contributed by atoms with Gasteiger partial charge in [-0.05, 0) is 25.0 Å². The molecule has 0 unspecified atom stereocenters. The predicted molar refractivity (Wildman–Crippen MR) is 77.5 cm³/mol. The third kappa shape index (κ3) is 3.75. The molecule has 1 saturated heterocycles. The Balaban J connectivity index is 1.96. The number of amides is 3. The van der Waals surface area contributed by atoms with Crippen LogP contribution in [0.2, 0.25) is 0 Å². The molecule has 5 nitrogen and oxygen atoms in total. The van der Waals surface area contributed by atoms with E-state index in [1.54, 1.807) is 19.0 Å². The number of hydrogen-bond donors (Lipinski definition) is 1. The Morgan fingerprint density at radius 2 is 1.74 bits per heavy atom. The average molecular weight is 329 g/mol. The molecule has 0 bridgehead atoms. The summed E-state index contributed by atoms with van der Waals surface area (Å²) in [7, 11) is 3.31. The third-order valence-corrected chi connectivity index (χ3v) is 3.76. The fourth-order valence-corrected chi connectivity index (χ4v) is 2.46. The van der Waals surface area contributed by atoms with E-state index in [0.29, 0.717) is 32.0 Å². The topological polar surface area (TPSA) is 52.7 Å².